The molecule has 0 saturated carbocycles. The maximum Gasteiger partial charge on any atom is 0.270 e. The lowest BCUT2D eigenvalue weighted by Gasteiger charge is -2.08. The molecule has 19 heavy (non-hydrogen) atoms. The fourth-order valence-corrected chi connectivity index (χ4v) is 1.67. The van der Waals surface area contributed by atoms with E-state index in [1.807, 2.05) is 19.3 Å². The Morgan fingerprint density at radius 3 is 2.84 bits per heavy atom. The third kappa shape index (κ3) is 3.08. The first-order valence-corrected chi connectivity index (χ1v) is 5.69. The highest BCUT2D eigenvalue weighted by Crippen LogP contribution is 2.24. The van der Waals surface area contributed by atoms with Crippen molar-refractivity contribution in [1.29, 1.82) is 0 Å². The maximum atomic E-state index is 10.7. The Hall–Kier alpha value is -2.41. The van der Waals surface area contributed by atoms with Crippen molar-refractivity contribution in [2.24, 2.45) is 12.8 Å². The fraction of sp³-hybridized carbons (Fsp3) is 0.250. The third-order valence-corrected chi connectivity index (χ3v) is 2.62. The van der Waals surface area contributed by atoms with Crippen LogP contribution in [0.5, 0.6) is 5.75 Å². The molecule has 0 saturated heterocycles. The van der Waals surface area contributed by atoms with E-state index in [9.17, 15) is 10.1 Å². The first-order chi connectivity index (χ1) is 9.10. The molecule has 2 aromatic rings. The van der Waals surface area contributed by atoms with Crippen molar-refractivity contribution < 1.29 is 9.66 Å². The molecule has 7 heteroatoms. The molecule has 0 fully saturated rings. The van der Waals surface area contributed by atoms with E-state index in [2.05, 4.69) is 5.10 Å². The number of nitro groups is 1. The molecule has 7 nitrogen and oxygen atoms in total. The van der Waals surface area contributed by atoms with Crippen molar-refractivity contribution >= 4 is 5.69 Å². The molecule has 0 aliphatic carbocycles. The fourth-order valence-electron chi connectivity index (χ4n) is 1.67. The summed E-state index contributed by atoms with van der Waals surface area (Å²) in [6.07, 6.45) is 1.82. The summed E-state index contributed by atoms with van der Waals surface area (Å²) in [7, 11) is 1.82. The predicted octanol–water partition coefficient (Wildman–Crippen LogP) is 1.37. The minimum atomic E-state index is -0.457. The summed E-state index contributed by atoms with van der Waals surface area (Å²) in [5.74, 6) is 0.541. The summed E-state index contributed by atoms with van der Waals surface area (Å²) in [6.45, 7) is 0.477. The van der Waals surface area contributed by atoms with Crippen LogP contribution in [0.4, 0.5) is 5.69 Å². The molecule has 0 aliphatic rings. The number of hydrogen-bond donors (Lipinski definition) is 1. The summed E-state index contributed by atoms with van der Waals surface area (Å²) in [4.78, 5) is 10.2. The van der Waals surface area contributed by atoms with Gasteiger partial charge < -0.3 is 10.5 Å². The van der Waals surface area contributed by atoms with Gasteiger partial charge in [0.25, 0.3) is 5.69 Å². The predicted molar refractivity (Wildman–Crippen MR) is 68.5 cm³/mol. The van der Waals surface area contributed by atoms with E-state index in [0.717, 1.165) is 5.69 Å². The van der Waals surface area contributed by atoms with Gasteiger partial charge in [-0.05, 0) is 12.1 Å². The van der Waals surface area contributed by atoms with Crippen molar-refractivity contribution in [2.45, 2.75) is 13.2 Å². The molecule has 0 unspecified atom stereocenters. The Balaban J connectivity index is 2.13. The highest BCUT2D eigenvalue weighted by molar-refractivity contribution is 5.43. The standard InChI is InChI=1S/C12H14N4O3/c1-15-5-4-10(14-15)8-19-12-3-2-11(16(17)18)6-9(12)7-13/h2-6H,7-8,13H2,1H3. The molecule has 0 spiro atoms. The van der Waals surface area contributed by atoms with Crippen LogP contribution in [-0.4, -0.2) is 14.7 Å². The van der Waals surface area contributed by atoms with Gasteiger partial charge in [-0.2, -0.15) is 5.10 Å². The van der Waals surface area contributed by atoms with Crippen LogP contribution in [0.1, 0.15) is 11.3 Å². The number of rotatable bonds is 5. The second-order valence-electron chi connectivity index (χ2n) is 4.02. The lowest BCUT2D eigenvalue weighted by Crippen LogP contribution is -2.04. The molecular weight excluding hydrogens is 248 g/mol. The largest absolute Gasteiger partial charge is 0.487 e. The van der Waals surface area contributed by atoms with Crippen molar-refractivity contribution in [1.82, 2.24) is 9.78 Å². The van der Waals surface area contributed by atoms with Crippen molar-refractivity contribution in [3.63, 3.8) is 0 Å². The zero-order valence-electron chi connectivity index (χ0n) is 10.4. The van der Waals surface area contributed by atoms with E-state index in [-0.39, 0.29) is 12.2 Å². The summed E-state index contributed by atoms with van der Waals surface area (Å²) >= 11 is 0. The zero-order chi connectivity index (χ0) is 13.8. The van der Waals surface area contributed by atoms with E-state index in [1.54, 1.807) is 10.7 Å². The van der Waals surface area contributed by atoms with Gasteiger partial charge in [0.1, 0.15) is 12.4 Å². The Morgan fingerprint density at radius 1 is 1.47 bits per heavy atom. The molecule has 0 aliphatic heterocycles. The highest BCUT2D eigenvalue weighted by Gasteiger charge is 2.11. The molecule has 100 valence electrons. The van der Waals surface area contributed by atoms with Crippen LogP contribution >= 0.6 is 0 Å². The van der Waals surface area contributed by atoms with E-state index in [1.165, 1.54) is 12.1 Å². The quantitative estimate of drug-likeness (QED) is 0.648. The van der Waals surface area contributed by atoms with Gasteiger partial charge in [-0.25, -0.2) is 0 Å². The monoisotopic (exact) mass is 262 g/mol. The number of non-ortho nitro benzene ring substituents is 1. The molecule has 2 N–H and O–H groups in total. The first-order valence-electron chi connectivity index (χ1n) is 5.69. The second-order valence-corrected chi connectivity index (χ2v) is 4.02. The van der Waals surface area contributed by atoms with Gasteiger partial charge in [0.2, 0.25) is 0 Å². The lowest BCUT2D eigenvalue weighted by atomic mass is 10.2. The van der Waals surface area contributed by atoms with Gasteiger partial charge in [-0.15, -0.1) is 0 Å². The zero-order valence-corrected chi connectivity index (χ0v) is 10.4. The Morgan fingerprint density at radius 2 is 2.26 bits per heavy atom. The van der Waals surface area contributed by atoms with Gasteiger partial charge in [0.05, 0.1) is 10.6 Å². The molecule has 0 amide bonds. The molecule has 1 aromatic heterocycles. The molecule has 0 bridgehead atoms. The third-order valence-electron chi connectivity index (χ3n) is 2.62. The average molecular weight is 262 g/mol. The van der Waals surface area contributed by atoms with E-state index >= 15 is 0 Å². The van der Waals surface area contributed by atoms with Crippen LogP contribution in [0, 0.1) is 10.1 Å². The Kier molecular flexibility index (Phi) is 3.76. The SMILES string of the molecule is Cn1ccc(COc2ccc([N+](=O)[O-])cc2CN)n1. The van der Waals surface area contributed by atoms with Crippen LogP contribution in [-0.2, 0) is 20.2 Å². The van der Waals surface area contributed by atoms with E-state index < -0.39 is 4.92 Å². The lowest BCUT2D eigenvalue weighted by molar-refractivity contribution is -0.384. The Labute approximate surface area is 109 Å². The molecule has 1 aromatic carbocycles. The molecular formula is C12H14N4O3. The van der Waals surface area contributed by atoms with Crippen LogP contribution in [0.2, 0.25) is 0 Å². The van der Waals surface area contributed by atoms with Crippen LogP contribution in [0.15, 0.2) is 30.5 Å². The summed E-state index contributed by atoms with van der Waals surface area (Å²) in [5, 5.41) is 14.9. The first kappa shape index (κ1) is 13.0. The summed E-state index contributed by atoms with van der Waals surface area (Å²) in [5.41, 5.74) is 6.96. The number of ether oxygens (including phenoxy) is 1. The summed E-state index contributed by atoms with van der Waals surface area (Å²) in [6, 6.07) is 6.22. The van der Waals surface area contributed by atoms with Crippen LogP contribution in [0.3, 0.4) is 0 Å². The molecule has 1 heterocycles. The number of hydrogen-bond acceptors (Lipinski definition) is 5. The highest BCUT2D eigenvalue weighted by atomic mass is 16.6. The van der Waals surface area contributed by atoms with Gasteiger partial charge in [-0.3, -0.25) is 14.8 Å². The minimum absolute atomic E-state index is 0.00522. The van der Waals surface area contributed by atoms with Gasteiger partial charge in [0.15, 0.2) is 0 Å². The second kappa shape index (κ2) is 5.49. The molecule has 0 atom stereocenters. The number of nitrogens with two attached hydrogens (primary N) is 1. The van der Waals surface area contributed by atoms with E-state index in [4.69, 9.17) is 10.5 Å². The van der Waals surface area contributed by atoms with Gasteiger partial charge in [0, 0.05) is 37.5 Å². The van der Waals surface area contributed by atoms with Crippen LogP contribution < -0.4 is 10.5 Å². The van der Waals surface area contributed by atoms with Crippen molar-refractivity contribution in [2.75, 3.05) is 0 Å². The van der Waals surface area contributed by atoms with Crippen LogP contribution in [0.25, 0.3) is 0 Å². The average Bonchev–Trinajstić information content (AvgIpc) is 2.81. The number of benzene rings is 1. The van der Waals surface area contributed by atoms with E-state index in [0.29, 0.717) is 17.9 Å². The number of nitrogens with zero attached hydrogens (tertiary/aromatic N) is 3. The Bertz CT molecular complexity index is 594. The number of aryl methyl sites for hydroxylation is 1. The molecule has 2 rings (SSSR count). The minimum Gasteiger partial charge on any atom is -0.487 e. The van der Waals surface area contributed by atoms with Gasteiger partial charge in [-0.1, -0.05) is 0 Å². The maximum absolute atomic E-state index is 10.7. The summed E-state index contributed by atoms with van der Waals surface area (Å²) < 4.78 is 7.26. The number of nitro benzene ring substituents is 1. The van der Waals surface area contributed by atoms with Crippen molar-refractivity contribution in [3.8, 4) is 5.75 Å². The number of aromatic nitrogens is 2. The smallest absolute Gasteiger partial charge is 0.270 e. The topological polar surface area (TPSA) is 96.2 Å². The normalized spacial score (nSPS) is 10.4. The van der Waals surface area contributed by atoms with Gasteiger partial charge >= 0.3 is 0 Å². The van der Waals surface area contributed by atoms with Crippen molar-refractivity contribution in [3.05, 3.63) is 51.8 Å². The molecule has 0 radical (unpaired) electrons.